The standard InChI is InChI=1S/C40H31O5S2/c1-2-43-40(42)39(41)29-13-19-34(20-14-29)46-35-21-27-38(28-22-35)47(36-23-15-32(16-24-36)44-30-9-5-3-6-10-30)37-25-17-33(18-26-37)45-31-11-7-4-8-12-31/h3-28H,2H2,1H3/q+1. The molecule has 0 fully saturated rings. The van der Waals surface area contributed by atoms with Crippen LogP contribution in [0.1, 0.15) is 17.3 Å². The molecule has 0 aliphatic carbocycles. The molecule has 232 valence electrons. The van der Waals surface area contributed by atoms with E-state index in [9.17, 15) is 9.59 Å². The van der Waals surface area contributed by atoms with Gasteiger partial charge in [-0.1, -0.05) is 48.2 Å². The van der Waals surface area contributed by atoms with Crippen LogP contribution in [-0.2, 0) is 20.4 Å². The van der Waals surface area contributed by atoms with Gasteiger partial charge in [0.2, 0.25) is 0 Å². The van der Waals surface area contributed by atoms with E-state index in [2.05, 4.69) is 48.5 Å². The van der Waals surface area contributed by atoms with Crippen LogP contribution in [0.2, 0.25) is 0 Å². The fourth-order valence-electron chi connectivity index (χ4n) is 4.71. The second-order valence-corrected chi connectivity index (χ2v) is 13.4. The summed E-state index contributed by atoms with van der Waals surface area (Å²) in [5, 5.41) is 0. The molecule has 0 amide bonds. The van der Waals surface area contributed by atoms with E-state index in [-0.39, 0.29) is 6.61 Å². The SMILES string of the molecule is CCOC(=O)C(=O)c1ccc(Sc2ccc([S+](c3ccc(Oc4ccccc4)cc3)c3ccc(Oc4ccccc4)cc3)cc2)cc1. The first-order valence-electron chi connectivity index (χ1n) is 15.1. The van der Waals surface area contributed by atoms with Gasteiger partial charge >= 0.3 is 5.97 Å². The maximum Gasteiger partial charge on any atom is 0.379 e. The Hall–Kier alpha value is -5.24. The molecule has 0 unspecified atom stereocenters. The number of hydrogen-bond acceptors (Lipinski definition) is 6. The van der Waals surface area contributed by atoms with Crippen LogP contribution in [-0.4, -0.2) is 18.4 Å². The zero-order valence-corrected chi connectivity index (χ0v) is 27.2. The minimum atomic E-state index is -0.837. The molecule has 7 heteroatoms. The number of ether oxygens (including phenoxy) is 3. The summed E-state index contributed by atoms with van der Waals surface area (Å²) in [6.45, 7) is 1.84. The molecule has 0 saturated carbocycles. The normalized spacial score (nSPS) is 10.8. The van der Waals surface area contributed by atoms with Crippen LogP contribution in [0.5, 0.6) is 23.0 Å². The van der Waals surface area contributed by atoms with Crippen molar-refractivity contribution in [3.8, 4) is 23.0 Å². The maximum atomic E-state index is 12.2. The zero-order valence-electron chi connectivity index (χ0n) is 25.6. The predicted molar refractivity (Wildman–Crippen MR) is 186 cm³/mol. The van der Waals surface area contributed by atoms with Crippen LogP contribution in [0.25, 0.3) is 0 Å². The number of hydrogen-bond donors (Lipinski definition) is 0. The molecule has 0 aliphatic rings. The molecule has 0 radical (unpaired) electrons. The van der Waals surface area contributed by atoms with E-state index in [4.69, 9.17) is 14.2 Å². The van der Waals surface area contributed by atoms with E-state index in [0.717, 1.165) is 47.5 Å². The van der Waals surface area contributed by atoms with Gasteiger partial charge in [0.05, 0.1) is 17.5 Å². The summed E-state index contributed by atoms with van der Waals surface area (Å²) in [6, 6.07) is 51.6. The Morgan fingerprint density at radius 3 is 1.32 bits per heavy atom. The molecule has 0 heterocycles. The van der Waals surface area contributed by atoms with Crippen molar-refractivity contribution in [2.45, 2.75) is 31.4 Å². The van der Waals surface area contributed by atoms with Crippen molar-refractivity contribution in [2.75, 3.05) is 6.61 Å². The van der Waals surface area contributed by atoms with Gasteiger partial charge < -0.3 is 14.2 Å². The monoisotopic (exact) mass is 655 g/mol. The van der Waals surface area contributed by atoms with Crippen molar-refractivity contribution < 1.29 is 23.8 Å². The molecule has 6 rings (SSSR count). The third-order valence-electron chi connectivity index (χ3n) is 6.95. The molecular weight excluding hydrogens is 625 g/mol. The van der Waals surface area contributed by atoms with E-state index in [1.54, 1.807) is 30.8 Å². The molecule has 0 spiro atoms. The summed E-state index contributed by atoms with van der Waals surface area (Å²) in [4.78, 5) is 29.5. The Kier molecular flexibility index (Phi) is 10.4. The van der Waals surface area contributed by atoms with Gasteiger partial charge in [0.1, 0.15) is 23.0 Å². The Bertz CT molecular complexity index is 1820. The van der Waals surface area contributed by atoms with Crippen LogP contribution < -0.4 is 9.47 Å². The highest BCUT2D eigenvalue weighted by atomic mass is 32.2. The fraction of sp³-hybridized carbons (Fsp3) is 0.0500. The summed E-state index contributed by atoms with van der Waals surface area (Å²) in [5.74, 6) is 1.66. The van der Waals surface area contributed by atoms with Gasteiger partial charge in [-0.3, -0.25) is 4.79 Å². The van der Waals surface area contributed by atoms with Gasteiger partial charge in [-0.2, -0.15) is 0 Å². The van der Waals surface area contributed by atoms with Crippen molar-refractivity contribution in [1.82, 2.24) is 0 Å². The summed E-state index contributed by atoms with van der Waals surface area (Å²) in [7, 11) is -0.395. The van der Waals surface area contributed by atoms with Crippen molar-refractivity contribution in [1.29, 1.82) is 0 Å². The molecule has 0 aromatic heterocycles. The Morgan fingerprint density at radius 1 is 0.511 bits per heavy atom. The van der Waals surface area contributed by atoms with Gasteiger partial charge in [-0.05, 0) is 128 Å². The highest BCUT2D eigenvalue weighted by Gasteiger charge is 2.29. The van der Waals surface area contributed by atoms with Gasteiger partial charge in [0, 0.05) is 15.4 Å². The van der Waals surface area contributed by atoms with Crippen molar-refractivity contribution >= 4 is 34.4 Å². The molecular formula is C40H31O5S2+. The van der Waals surface area contributed by atoms with Gasteiger partial charge in [0.15, 0.2) is 14.7 Å². The van der Waals surface area contributed by atoms with Gasteiger partial charge in [-0.25, -0.2) is 4.79 Å². The number of ketones is 1. The molecule has 5 nitrogen and oxygen atoms in total. The minimum absolute atomic E-state index is 0.165. The Balaban J connectivity index is 1.23. The average molecular weight is 656 g/mol. The topological polar surface area (TPSA) is 61.8 Å². The molecule has 6 aromatic rings. The highest BCUT2D eigenvalue weighted by molar-refractivity contribution is 7.99. The third-order valence-corrected chi connectivity index (χ3v) is 10.2. The number of esters is 1. The molecule has 0 bridgehead atoms. The van der Waals surface area contributed by atoms with Crippen molar-refractivity contribution in [2.24, 2.45) is 0 Å². The number of carbonyl (C=O) groups is 2. The number of carbonyl (C=O) groups excluding carboxylic acids is 2. The Morgan fingerprint density at radius 2 is 0.894 bits per heavy atom. The average Bonchev–Trinajstić information content (AvgIpc) is 3.12. The number of benzene rings is 6. The first-order chi connectivity index (χ1) is 23.1. The van der Waals surface area contributed by atoms with Crippen molar-refractivity contribution in [3.63, 3.8) is 0 Å². The van der Waals surface area contributed by atoms with E-state index in [1.807, 2.05) is 97.1 Å². The second-order valence-electron chi connectivity index (χ2n) is 10.2. The lowest BCUT2D eigenvalue weighted by atomic mass is 10.1. The van der Waals surface area contributed by atoms with Crippen LogP contribution in [0.3, 0.4) is 0 Å². The van der Waals surface area contributed by atoms with Crippen LogP contribution >= 0.6 is 11.8 Å². The largest absolute Gasteiger partial charge is 0.460 e. The lowest BCUT2D eigenvalue weighted by Gasteiger charge is -2.11. The third kappa shape index (κ3) is 8.33. The van der Waals surface area contributed by atoms with Crippen molar-refractivity contribution in [3.05, 3.63) is 163 Å². The zero-order chi connectivity index (χ0) is 32.4. The summed E-state index contributed by atoms with van der Waals surface area (Å²) in [5.41, 5.74) is 0.313. The lowest BCUT2D eigenvalue weighted by molar-refractivity contribution is -0.137. The number of rotatable bonds is 12. The summed E-state index contributed by atoms with van der Waals surface area (Å²) < 4.78 is 16.9. The lowest BCUT2D eigenvalue weighted by Crippen LogP contribution is -2.17. The van der Waals surface area contributed by atoms with E-state index in [1.165, 1.54) is 0 Å². The summed E-state index contributed by atoms with van der Waals surface area (Å²) >= 11 is 1.59. The molecule has 47 heavy (non-hydrogen) atoms. The number of Topliss-reactive ketones (excluding diaryl/α,β-unsaturated/α-hetero) is 1. The van der Waals surface area contributed by atoms with Crippen LogP contribution in [0.4, 0.5) is 0 Å². The molecule has 0 atom stereocenters. The van der Waals surface area contributed by atoms with E-state index in [0.29, 0.717) is 5.56 Å². The predicted octanol–water partition coefficient (Wildman–Crippen LogP) is 10.3. The summed E-state index contributed by atoms with van der Waals surface area (Å²) in [6.07, 6.45) is 0. The van der Waals surface area contributed by atoms with E-state index >= 15 is 0 Å². The first kappa shape index (κ1) is 31.7. The first-order valence-corrected chi connectivity index (χ1v) is 17.1. The highest BCUT2D eigenvalue weighted by Crippen LogP contribution is 2.36. The fourth-order valence-corrected chi connectivity index (χ4v) is 7.57. The molecule has 6 aromatic carbocycles. The molecule has 0 N–H and O–H groups in total. The maximum absolute atomic E-state index is 12.2. The van der Waals surface area contributed by atoms with Crippen LogP contribution in [0.15, 0.2) is 182 Å². The minimum Gasteiger partial charge on any atom is -0.460 e. The smallest absolute Gasteiger partial charge is 0.379 e. The van der Waals surface area contributed by atoms with Gasteiger partial charge in [-0.15, -0.1) is 0 Å². The quantitative estimate of drug-likeness (QED) is 0.0566. The Labute approximate surface area is 281 Å². The second kappa shape index (κ2) is 15.4. The number of para-hydroxylation sites is 2. The van der Waals surface area contributed by atoms with E-state index < -0.39 is 22.6 Å². The molecule has 0 saturated heterocycles. The van der Waals surface area contributed by atoms with Gasteiger partial charge in [0.25, 0.3) is 5.78 Å². The molecule has 0 aliphatic heterocycles. The van der Waals surface area contributed by atoms with Crippen LogP contribution in [0, 0.1) is 0 Å².